The Balaban J connectivity index is 1.33. The van der Waals surface area contributed by atoms with Crippen molar-refractivity contribution < 1.29 is 27.1 Å². The number of imidazole rings is 1. The van der Waals surface area contributed by atoms with Crippen LogP contribution in [0.2, 0.25) is 0 Å². The lowest BCUT2D eigenvalue weighted by Crippen LogP contribution is -2.26. The zero-order chi connectivity index (χ0) is 29.1. The Hall–Kier alpha value is -4.42. The van der Waals surface area contributed by atoms with Gasteiger partial charge in [-0.3, -0.25) is 9.69 Å². The highest BCUT2D eigenvalue weighted by atomic mass is 19.4. The fraction of sp³-hybridized carbons (Fsp3) is 0.357. The Morgan fingerprint density at radius 3 is 2.56 bits per heavy atom. The van der Waals surface area contributed by atoms with Crippen LogP contribution in [-0.4, -0.2) is 42.5 Å². The second-order valence-corrected chi connectivity index (χ2v) is 10.4. The highest BCUT2D eigenvalue weighted by Crippen LogP contribution is 2.45. The lowest BCUT2D eigenvalue weighted by Gasteiger charge is -2.18. The van der Waals surface area contributed by atoms with Crippen LogP contribution in [0.5, 0.6) is 5.88 Å². The normalized spacial score (nSPS) is 15.1. The number of alkyl halides is 3. The Kier molecular flexibility index (Phi) is 6.46. The quantitative estimate of drug-likeness (QED) is 0.272. The molecular weight excluding hydrogens is 542 g/mol. The van der Waals surface area contributed by atoms with E-state index in [1.165, 1.54) is 35.0 Å². The summed E-state index contributed by atoms with van der Waals surface area (Å²) in [5.74, 6) is 0.203. The number of benzene rings is 1. The molecule has 0 N–H and O–H groups in total. The molecule has 212 valence electrons. The van der Waals surface area contributed by atoms with Crippen molar-refractivity contribution in [2.75, 3.05) is 12.0 Å². The SMILES string of the molecule is COc1ncnc(C2CC2)c1-c1ncc2c(n1)N(Cc1ccc(-c3nc(C(F)(F)F)cn3C(C)C)c(F)c1)C(=O)C2. The predicted octanol–water partition coefficient (Wildman–Crippen LogP) is 5.51. The molecule has 3 aromatic heterocycles. The van der Waals surface area contributed by atoms with E-state index in [9.17, 15) is 18.0 Å². The molecule has 0 radical (unpaired) electrons. The number of carbonyl (C=O) groups is 1. The summed E-state index contributed by atoms with van der Waals surface area (Å²) in [6, 6.07) is 3.77. The number of fused-ring (bicyclic) bond motifs is 1. The third-order valence-corrected chi connectivity index (χ3v) is 7.16. The van der Waals surface area contributed by atoms with Crippen LogP contribution in [-0.2, 0) is 23.9 Å². The molecule has 4 heterocycles. The molecule has 1 amide bonds. The van der Waals surface area contributed by atoms with Crippen LogP contribution in [0.15, 0.2) is 36.9 Å². The molecule has 1 fully saturated rings. The molecule has 1 aliphatic heterocycles. The maximum atomic E-state index is 15.4. The van der Waals surface area contributed by atoms with Crippen LogP contribution in [0.4, 0.5) is 23.4 Å². The van der Waals surface area contributed by atoms with Gasteiger partial charge in [-0.2, -0.15) is 13.2 Å². The van der Waals surface area contributed by atoms with Crippen LogP contribution in [0.3, 0.4) is 0 Å². The van der Waals surface area contributed by atoms with Gasteiger partial charge in [0.1, 0.15) is 29.4 Å². The highest BCUT2D eigenvalue weighted by molar-refractivity contribution is 6.00. The van der Waals surface area contributed by atoms with E-state index in [0.717, 1.165) is 24.7 Å². The number of halogens is 4. The molecule has 2 aliphatic rings. The van der Waals surface area contributed by atoms with Gasteiger partial charge in [0.2, 0.25) is 11.8 Å². The molecule has 41 heavy (non-hydrogen) atoms. The third kappa shape index (κ3) is 4.89. The van der Waals surface area contributed by atoms with Crippen molar-refractivity contribution in [3.63, 3.8) is 0 Å². The first-order valence-electron chi connectivity index (χ1n) is 13.1. The van der Waals surface area contributed by atoms with Gasteiger partial charge in [-0.05, 0) is 44.4 Å². The van der Waals surface area contributed by atoms with Gasteiger partial charge >= 0.3 is 6.18 Å². The number of anilines is 1. The lowest BCUT2D eigenvalue weighted by molar-refractivity contribution is -0.140. The first-order chi connectivity index (χ1) is 19.5. The molecule has 9 nitrogen and oxygen atoms in total. The molecule has 4 aromatic rings. The van der Waals surface area contributed by atoms with E-state index in [0.29, 0.717) is 34.2 Å². The summed E-state index contributed by atoms with van der Waals surface area (Å²) in [6.45, 7) is 3.38. The number of carbonyl (C=O) groups excluding carboxylic acids is 1. The summed E-state index contributed by atoms with van der Waals surface area (Å²) in [6.07, 6.45) is 1.30. The third-order valence-electron chi connectivity index (χ3n) is 7.16. The van der Waals surface area contributed by atoms with E-state index in [4.69, 9.17) is 9.72 Å². The van der Waals surface area contributed by atoms with Crippen molar-refractivity contribution in [1.29, 1.82) is 0 Å². The van der Waals surface area contributed by atoms with Crippen molar-refractivity contribution in [2.24, 2.45) is 0 Å². The van der Waals surface area contributed by atoms with Crippen LogP contribution >= 0.6 is 0 Å². The number of methoxy groups -OCH3 is 1. The summed E-state index contributed by atoms with van der Waals surface area (Å²) < 4.78 is 62.1. The summed E-state index contributed by atoms with van der Waals surface area (Å²) in [5.41, 5.74) is 1.26. The first kappa shape index (κ1) is 26.8. The van der Waals surface area contributed by atoms with E-state index >= 15 is 4.39 Å². The number of hydrogen-bond donors (Lipinski definition) is 0. The fourth-order valence-electron chi connectivity index (χ4n) is 4.97. The second-order valence-electron chi connectivity index (χ2n) is 10.4. The van der Waals surface area contributed by atoms with Crippen LogP contribution in [0.1, 0.15) is 61.2 Å². The van der Waals surface area contributed by atoms with Crippen molar-refractivity contribution in [2.45, 2.75) is 57.8 Å². The number of aromatic nitrogens is 6. The van der Waals surface area contributed by atoms with E-state index < -0.39 is 17.7 Å². The largest absolute Gasteiger partial charge is 0.480 e. The van der Waals surface area contributed by atoms with E-state index in [2.05, 4.69) is 19.9 Å². The Labute approximate surface area is 232 Å². The van der Waals surface area contributed by atoms with Crippen molar-refractivity contribution in [1.82, 2.24) is 29.5 Å². The second kappa shape index (κ2) is 9.89. The molecule has 1 saturated carbocycles. The summed E-state index contributed by atoms with van der Waals surface area (Å²) in [5, 5.41) is 0. The molecule has 0 bridgehead atoms. The predicted molar refractivity (Wildman–Crippen MR) is 139 cm³/mol. The Morgan fingerprint density at radius 2 is 1.90 bits per heavy atom. The number of amides is 1. The molecule has 6 rings (SSSR count). The summed E-state index contributed by atoms with van der Waals surface area (Å²) in [4.78, 5) is 35.9. The fourth-order valence-corrected chi connectivity index (χ4v) is 4.97. The van der Waals surface area contributed by atoms with Gasteiger partial charge in [-0.1, -0.05) is 6.07 Å². The van der Waals surface area contributed by atoms with Gasteiger partial charge in [-0.15, -0.1) is 0 Å². The van der Waals surface area contributed by atoms with Crippen LogP contribution < -0.4 is 9.64 Å². The molecule has 0 atom stereocenters. The minimum absolute atomic E-state index is 0.00379. The standard InChI is InChI=1S/C28H25F4N7O2/c1-14(2)38-12-20(28(30,31)32)36-26(38)18-7-4-15(8-19(18)29)11-39-21(40)9-17-10-33-24(37-25(17)39)22-23(16-5-6-16)34-13-35-27(22)41-3/h4,7-8,10,12-14,16H,5-6,9,11H2,1-3H3. The minimum Gasteiger partial charge on any atom is -0.480 e. The van der Waals surface area contributed by atoms with Crippen LogP contribution in [0.25, 0.3) is 22.8 Å². The van der Waals surface area contributed by atoms with E-state index in [1.807, 2.05) is 0 Å². The Bertz CT molecular complexity index is 1660. The maximum absolute atomic E-state index is 15.4. The summed E-state index contributed by atoms with van der Waals surface area (Å²) in [7, 11) is 1.50. The van der Waals surface area contributed by atoms with Gasteiger partial charge in [0.15, 0.2) is 11.5 Å². The average Bonchev–Trinajstić information content (AvgIpc) is 3.60. The topological polar surface area (TPSA) is 98.9 Å². The molecular formula is C28H25F4N7O2. The van der Waals surface area contributed by atoms with Gasteiger partial charge < -0.3 is 9.30 Å². The zero-order valence-corrected chi connectivity index (χ0v) is 22.4. The average molecular weight is 568 g/mol. The highest BCUT2D eigenvalue weighted by Gasteiger charge is 2.36. The van der Waals surface area contributed by atoms with Gasteiger partial charge in [-0.25, -0.2) is 29.3 Å². The summed E-state index contributed by atoms with van der Waals surface area (Å²) >= 11 is 0. The van der Waals surface area contributed by atoms with Crippen LogP contribution in [0, 0.1) is 5.82 Å². The smallest absolute Gasteiger partial charge is 0.434 e. The maximum Gasteiger partial charge on any atom is 0.434 e. The molecule has 0 unspecified atom stereocenters. The zero-order valence-electron chi connectivity index (χ0n) is 22.4. The number of ether oxygens (including phenoxy) is 1. The van der Waals surface area contributed by atoms with Crippen molar-refractivity contribution >= 4 is 11.7 Å². The molecule has 0 spiro atoms. The lowest BCUT2D eigenvalue weighted by atomic mass is 10.1. The monoisotopic (exact) mass is 567 g/mol. The van der Waals surface area contributed by atoms with Crippen molar-refractivity contribution in [3.8, 4) is 28.7 Å². The van der Waals surface area contributed by atoms with Gasteiger partial charge in [0.25, 0.3) is 0 Å². The molecule has 0 saturated heterocycles. The van der Waals surface area contributed by atoms with E-state index in [1.54, 1.807) is 26.1 Å². The molecule has 13 heteroatoms. The molecule has 1 aliphatic carbocycles. The first-order valence-corrected chi connectivity index (χ1v) is 13.1. The van der Waals surface area contributed by atoms with Crippen molar-refractivity contribution in [3.05, 3.63) is 65.3 Å². The van der Waals surface area contributed by atoms with E-state index in [-0.39, 0.29) is 42.2 Å². The number of rotatable bonds is 7. The number of nitrogens with zero attached hydrogens (tertiary/aromatic N) is 7. The number of hydrogen-bond acceptors (Lipinski definition) is 7. The van der Waals surface area contributed by atoms with Gasteiger partial charge in [0, 0.05) is 29.9 Å². The van der Waals surface area contributed by atoms with Gasteiger partial charge in [0.05, 0.1) is 31.3 Å². The Morgan fingerprint density at radius 1 is 1.12 bits per heavy atom. The molecule has 1 aromatic carbocycles. The minimum atomic E-state index is -4.66.